The van der Waals surface area contributed by atoms with Gasteiger partial charge in [-0.3, -0.25) is 4.79 Å². The summed E-state index contributed by atoms with van der Waals surface area (Å²) in [6.07, 6.45) is 2.11. The van der Waals surface area contributed by atoms with Crippen LogP contribution in [0.1, 0.15) is 23.2 Å². The average molecular weight is 417 g/mol. The van der Waals surface area contributed by atoms with E-state index >= 15 is 0 Å². The van der Waals surface area contributed by atoms with E-state index in [0.29, 0.717) is 17.3 Å². The first kappa shape index (κ1) is 18.9. The standard InChI is InChI=1S/C19H20N4O3S2/c1-23-16-7-2-3-8-17(16)27-19(23)22-21-18(24)14-5-4-6-15(11-14)28(25,26)20-12-13-9-10-13/h2-8,11,13,20H,9-10,12H2,1H3,(H,21,24)/b22-19-. The smallest absolute Gasteiger partial charge is 0.271 e. The van der Waals surface area contributed by atoms with Gasteiger partial charge in [0.25, 0.3) is 5.91 Å². The molecular formula is C19H20N4O3S2. The number of amides is 1. The van der Waals surface area contributed by atoms with Gasteiger partial charge in [-0.2, -0.15) is 0 Å². The number of rotatable bonds is 6. The molecule has 1 fully saturated rings. The van der Waals surface area contributed by atoms with Gasteiger partial charge in [0.15, 0.2) is 0 Å². The van der Waals surface area contributed by atoms with E-state index in [9.17, 15) is 13.2 Å². The number of para-hydroxylation sites is 1. The van der Waals surface area contributed by atoms with Gasteiger partial charge in [0.2, 0.25) is 14.8 Å². The topological polar surface area (TPSA) is 92.6 Å². The first-order valence-corrected chi connectivity index (χ1v) is 11.2. The highest BCUT2D eigenvalue weighted by molar-refractivity contribution is 7.89. The van der Waals surface area contributed by atoms with Crippen LogP contribution < -0.4 is 14.9 Å². The third kappa shape index (κ3) is 4.01. The lowest BCUT2D eigenvalue weighted by molar-refractivity contribution is 0.0952. The number of sulfonamides is 1. The van der Waals surface area contributed by atoms with Gasteiger partial charge in [0.05, 0.1) is 15.1 Å². The maximum atomic E-state index is 12.5. The van der Waals surface area contributed by atoms with E-state index in [2.05, 4.69) is 15.2 Å². The lowest BCUT2D eigenvalue weighted by Gasteiger charge is -2.07. The zero-order chi connectivity index (χ0) is 19.7. The van der Waals surface area contributed by atoms with Gasteiger partial charge in [-0.1, -0.05) is 29.5 Å². The summed E-state index contributed by atoms with van der Waals surface area (Å²) in [7, 11) is -1.75. The number of hydrogen-bond acceptors (Lipinski definition) is 5. The van der Waals surface area contributed by atoms with Crippen molar-refractivity contribution in [3.63, 3.8) is 0 Å². The van der Waals surface area contributed by atoms with Crippen LogP contribution in [-0.4, -0.2) is 25.4 Å². The summed E-state index contributed by atoms with van der Waals surface area (Å²) in [6.45, 7) is 0.441. The summed E-state index contributed by atoms with van der Waals surface area (Å²) < 4.78 is 30.3. The maximum absolute atomic E-state index is 12.5. The van der Waals surface area contributed by atoms with Crippen molar-refractivity contribution in [2.75, 3.05) is 6.54 Å². The molecular weight excluding hydrogens is 396 g/mol. The Labute approximate surface area is 166 Å². The molecule has 0 bridgehead atoms. The molecule has 1 aliphatic rings. The molecule has 1 aromatic heterocycles. The van der Waals surface area contributed by atoms with Crippen molar-refractivity contribution in [3.05, 3.63) is 58.9 Å². The van der Waals surface area contributed by atoms with Gasteiger partial charge in [0, 0.05) is 19.2 Å². The molecule has 2 aromatic carbocycles. The van der Waals surface area contributed by atoms with Gasteiger partial charge >= 0.3 is 0 Å². The fraction of sp³-hybridized carbons (Fsp3) is 0.263. The van der Waals surface area contributed by atoms with Crippen molar-refractivity contribution >= 4 is 37.5 Å². The van der Waals surface area contributed by atoms with Crippen LogP contribution in [0, 0.1) is 5.92 Å². The second-order valence-corrected chi connectivity index (χ2v) is 9.56. The van der Waals surface area contributed by atoms with Crippen molar-refractivity contribution in [2.24, 2.45) is 18.1 Å². The van der Waals surface area contributed by atoms with E-state index in [1.54, 1.807) is 12.1 Å². The molecule has 1 heterocycles. The van der Waals surface area contributed by atoms with E-state index in [1.807, 2.05) is 35.9 Å². The second kappa shape index (κ2) is 7.50. The molecule has 1 saturated carbocycles. The fourth-order valence-corrected chi connectivity index (χ4v) is 4.93. The number of nitrogens with one attached hydrogen (secondary N) is 2. The Morgan fingerprint density at radius 3 is 2.75 bits per heavy atom. The largest absolute Gasteiger partial charge is 0.318 e. The van der Waals surface area contributed by atoms with Gasteiger partial charge in [-0.25, -0.2) is 18.6 Å². The molecule has 9 heteroatoms. The summed E-state index contributed by atoms with van der Waals surface area (Å²) in [5.41, 5.74) is 3.78. The predicted molar refractivity (Wildman–Crippen MR) is 108 cm³/mol. The number of benzene rings is 2. The van der Waals surface area contributed by atoms with E-state index in [1.165, 1.54) is 23.5 Å². The number of nitrogens with zero attached hydrogens (tertiary/aromatic N) is 2. The molecule has 0 saturated heterocycles. The van der Waals surface area contributed by atoms with Crippen LogP contribution in [0.4, 0.5) is 0 Å². The van der Waals surface area contributed by atoms with Crippen LogP contribution in [0.25, 0.3) is 10.2 Å². The number of hydrogen-bond donors (Lipinski definition) is 2. The summed E-state index contributed by atoms with van der Waals surface area (Å²) >= 11 is 1.46. The van der Waals surface area contributed by atoms with Crippen LogP contribution in [0.15, 0.2) is 58.5 Å². The molecule has 3 aromatic rings. The molecule has 0 aliphatic heterocycles. The van der Waals surface area contributed by atoms with Crippen molar-refractivity contribution in [3.8, 4) is 0 Å². The molecule has 0 unspecified atom stereocenters. The predicted octanol–water partition coefficient (Wildman–Crippen LogP) is 2.17. The van der Waals surface area contributed by atoms with E-state index in [0.717, 1.165) is 23.1 Å². The Bertz CT molecular complexity index is 1210. The Morgan fingerprint density at radius 2 is 2.00 bits per heavy atom. The monoisotopic (exact) mass is 416 g/mol. The molecule has 4 rings (SSSR count). The van der Waals surface area contributed by atoms with Crippen molar-refractivity contribution in [1.29, 1.82) is 0 Å². The van der Waals surface area contributed by atoms with Crippen LogP contribution >= 0.6 is 11.3 Å². The molecule has 0 spiro atoms. The summed E-state index contributed by atoms with van der Waals surface area (Å²) in [6, 6.07) is 13.8. The van der Waals surface area contributed by atoms with Crippen molar-refractivity contribution in [2.45, 2.75) is 17.7 Å². The van der Waals surface area contributed by atoms with Crippen molar-refractivity contribution < 1.29 is 13.2 Å². The Kier molecular flexibility index (Phi) is 5.05. The summed E-state index contributed by atoms with van der Waals surface area (Å²) in [5, 5.41) is 4.20. The average Bonchev–Trinajstić information content (AvgIpc) is 3.48. The van der Waals surface area contributed by atoms with Crippen molar-refractivity contribution in [1.82, 2.24) is 14.7 Å². The number of carbonyl (C=O) groups excluding carboxylic acids is 1. The fourth-order valence-electron chi connectivity index (χ4n) is 2.79. The third-order valence-electron chi connectivity index (χ3n) is 4.63. The van der Waals surface area contributed by atoms with Gasteiger partial charge < -0.3 is 4.57 Å². The van der Waals surface area contributed by atoms with Gasteiger partial charge in [-0.15, -0.1) is 5.10 Å². The highest BCUT2D eigenvalue weighted by atomic mass is 32.2. The van der Waals surface area contributed by atoms with Crippen LogP contribution in [0.3, 0.4) is 0 Å². The first-order chi connectivity index (χ1) is 13.4. The molecule has 1 amide bonds. The minimum absolute atomic E-state index is 0.0771. The number of aryl methyl sites for hydroxylation is 1. The first-order valence-electron chi connectivity index (χ1n) is 8.92. The zero-order valence-electron chi connectivity index (χ0n) is 15.3. The van der Waals surface area contributed by atoms with Gasteiger partial charge in [-0.05, 0) is 49.1 Å². The van der Waals surface area contributed by atoms with E-state index in [4.69, 9.17) is 0 Å². The summed E-state index contributed by atoms with van der Waals surface area (Å²) in [4.78, 5) is 13.2. The Balaban J connectivity index is 1.54. The highest BCUT2D eigenvalue weighted by Crippen LogP contribution is 2.28. The molecule has 7 nitrogen and oxygen atoms in total. The lowest BCUT2D eigenvalue weighted by atomic mass is 10.2. The van der Waals surface area contributed by atoms with E-state index < -0.39 is 15.9 Å². The van der Waals surface area contributed by atoms with Crippen LogP contribution in [-0.2, 0) is 17.1 Å². The zero-order valence-corrected chi connectivity index (χ0v) is 16.9. The molecule has 0 atom stereocenters. The normalized spacial score (nSPS) is 15.1. The molecule has 1 aliphatic carbocycles. The van der Waals surface area contributed by atoms with Crippen LogP contribution in [0.2, 0.25) is 0 Å². The number of aromatic nitrogens is 1. The maximum Gasteiger partial charge on any atom is 0.271 e. The minimum atomic E-state index is -3.63. The van der Waals surface area contributed by atoms with Crippen LogP contribution in [0.5, 0.6) is 0 Å². The molecule has 146 valence electrons. The van der Waals surface area contributed by atoms with Gasteiger partial charge in [0.1, 0.15) is 0 Å². The molecule has 28 heavy (non-hydrogen) atoms. The number of thiazole rings is 1. The highest BCUT2D eigenvalue weighted by Gasteiger charge is 2.24. The second-order valence-electron chi connectivity index (χ2n) is 6.79. The molecule has 0 radical (unpaired) electrons. The number of carbonyl (C=O) groups is 1. The Morgan fingerprint density at radius 1 is 1.21 bits per heavy atom. The number of fused-ring (bicyclic) bond motifs is 1. The SMILES string of the molecule is Cn1/c(=N/NC(=O)c2cccc(S(=O)(=O)NCC3CC3)c2)sc2ccccc21. The van der Waals surface area contributed by atoms with E-state index in [-0.39, 0.29) is 10.5 Å². The third-order valence-corrected chi connectivity index (χ3v) is 7.17. The quantitative estimate of drug-likeness (QED) is 0.603. The minimum Gasteiger partial charge on any atom is -0.318 e. The molecule has 2 N–H and O–H groups in total. The summed E-state index contributed by atoms with van der Waals surface area (Å²) in [5.74, 6) is -0.0289. The lowest BCUT2D eigenvalue weighted by Crippen LogP contribution is -2.27. The Hall–Kier alpha value is -2.49.